The second-order valence-electron chi connectivity index (χ2n) is 8.37. The van der Waals surface area contributed by atoms with E-state index in [9.17, 15) is 19.1 Å². The van der Waals surface area contributed by atoms with Gasteiger partial charge in [-0.1, -0.05) is 31.5 Å². The number of fused-ring (bicyclic) bond motifs is 1. The standard InChI is InChI=1S/C29H26FNO5/c1-2-3-22(29(33)34)15-23-16-25(10-12-27(23)36-17-19-4-8-24(30)9-5-19)35-18-20-6-11-26-21(14-20)7-13-28(32)31-26/h4-16H,2-3,17-18H2,1H3,(H,31,32)(H,33,34)/b22-15+. The number of carboxylic acid groups (broad SMARTS) is 1. The number of carbonyl (C=O) groups is 1. The maximum absolute atomic E-state index is 13.2. The first-order valence-electron chi connectivity index (χ1n) is 11.6. The lowest BCUT2D eigenvalue weighted by Gasteiger charge is -2.13. The quantitative estimate of drug-likeness (QED) is 0.264. The first-order valence-corrected chi connectivity index (χ1v) is 11.6. The van der Waals surface area contributed by atoms with Crippen molar-refractivity contribution in [1.29, 1.82) is 0 Å². The smallest absolute Gasteiger partial charge is 0.331 e. The molecule has 3 aromatic carbocycles. The number of hydrogen-bond donors (Lipinski definition) is 2. The van der Waals surface area contributed by atoms with Gasteiger partial charge < -0.3 is 19.6 Å². The Bertz CT molecular complexity index is 1460. The topological polar surface area (TPSA) is 88.6 Å². The fourth-order valence-electron chi connectivity index (χ4n) is 3.76. The molecule has 0 aliphatic carbocycles. The summed E-state index contributed by atoms with van der Waals surface area (Å²) in [6, 6.07) is 20.1. The minimum atomic E-state index is -0.984. The van der Waals surface area contributed by atoms with E-state index < -0.39 is 5.97 Å². The predicted octanol–water partition coefficient (Wildman–Crippen LogP) is 6.09. The van der Waals surface area contributed by atoms with Gasteiger partial charge in [-0.05, 0) is 77.5 Å². The molecule has 4 aromatic rings. The molecule has 0 aliphatic heterocycles. The summed E-state index contributed by atoms with van der Waals surface area (Å²) in [6.45, 7) is 2.41. The molecule has 7 heteroatoms. The average molecular weight is 488 g/mol. The van der Waals surface area contributed by atoms with Crippen LogP contribution in [0.5, 0.6) is 11.5 Å². The lowest BCUT2D eigenvalue weighted by molar-refractivity contribution is -0.132. The van der Waals surface area contributed by atoms with Crippen LogP contribution in [0.2, 0.25) is 0 Å². The molecule has 0 amide bonds. The molecule has 6 nitrogen and oxygen atoms in total. The van der Waals surface area contributed by atoms with Crippen molar-refractivity contribution in [1.82, 2.24) is 4.98 Å². The average Bonchev–Trinajstić information content (AvgIpc) is 2.87. The zero-order valence-corrected chi connectivity index (χ0v) is 19.8. The van der Waals surface area contributed by atoms with Gasteiger partial charge in [0, 0.05) is 22.7 Å². The van der Waals surface area contributed by atoms with Crippen LogP contribution >= 0.6 is 0 Å². The van der Waals surface area contributed by atoms with Gasteiger partial charge in [-0.15, -0.1) is 0 Å². The number of aromatic amines is 1. The number of benzene rings is 3. The Morgan fingerprint density at radius 2 is 1.69 bits per heavy atom. The van der Waals surface area contributed by atoms with E-state index in [4.69, 9.17) is 9.47 Å². The van der Waals surface area contributed by atoms with Crippen LogP contribution < -0.4 is 15.0 Å². The van der Waals surface area contributed by atoms with Crippen molar-refractivity contribution in [2.45, 2.75) is 33.0 Å². The molecule has 2 N–H and O–H groups in total. The summed E-state index contributed by atoms with van der Waals surface area (Å²) in [5.41, 5.74) is 3.15. The van der Waals surface area contributed by atoms with Gasteiger partial charge in [0.15, 0.2) is 0 Å². The van der Waals surface area contributed by atoms with E-state index in [-0.39, 0.29) is 30.2 Å². The Labute approximate surface area is 207 Å². The number of halogens is 1. The van der Waals surface area contributed by atoms with Gasteiger partial charge in [0.05, 0.1) is 0 Å². The van der Waals surface area contributed by atoms with Crippen LogP contribution in [0.15, 0.2) is 83.2 Å². The third-order valence-electron chi connectivity index (χ3n) is 5.61. The van der Waals surface area contributed by atoms with Crippen LogP contribution in [0.25, 0.3) is 17.0 Å². The zero-order valence-electron chi connectivity index (χ0n) is 19.8. The molecular formula is C29H26FNO5. The summed E-state index contributed by atoms with van der Waals surface area (Å²) in [6.07, 6.45) is 2.70. The van der Waals surface area contributed by atoms with Crippen LogP contribution in [-0.2, 0) is 18.0 Å². The number of aromatic nitrogens is 1. The first kappa shape index (κ1) is 24.7. The molecule has 0 unspecified atom stereocenters. The van der Waals surface area contributed by atoms with Crippen molar-refractivity contribution in [2.75, 3.05) is 0 Å². The third kappa shape index (κ3) is 6.39. The molecule has 1 aromatic heterocycles. The normalized spacial score (nSPS) is 11.4. The van der Waals surface area contributed by atoms with Crippen LogP contribution in [0, 0.1) is 5.82 Å². The van der Waals surface area contributed by atoms with Crippen molar-refractivity contribution in [3.8, 4) is 11.5 Å². The number of carboxylic acids is 1. The molecule has 4 rings (SSSR count). The van der Waals surface area contributed by atoms with E-state index in [1.165, 1.54) is 18.2 Å². The van der Waals surface area contributed by atoms with E-state index in [2.05, 4.69) is 4.98 Å². The Morgan fingerprint density at radius 1 is 0.944 bits per heavy atom. The second-order valence-corrected chi connectivity index (χ2v) is 8.37. The lowest BCUT2D eigenvalue weighted by Crippen LogP contribution is -2.03. The van der Waals surface area contributed by atoms with E-state index in [0.717, 1.165) is 22.0 Å². The third-order valence-corrected chi connectivity index (χ3v) is 5.61. The highest BCUT2D eigenvalue weighted by Crippen LogP contribution is 2.29. The molecule has 0 atom stereocenters. The number of hydrogen-bond acceptors (Lipinski definition) is 4. The van der Waals surface area contributed by atoms with Gasteiger partial charge in [-0.25, -0.2) is 9.18 Å². The van der Waals surface area contributed by atoms with Crippen molar-refractivity contribution < 1.29 is 23.8 Å². The number of H-pyrrole nitrogens is 1. The van der Waals surface area contributed by atoms with E-state index >= 15 is 0 Å². The maximum atomic E-state index is 13.2. The number of rotatable bonds is 10. The lowest BCUT2D eigenvalue weighted by atomic mass is 10.1. The van der Waals surface area contributed by atoms with E-state index in [0.29, 0.717) is 29.9 Å². The van der Waals surface area contributed by atoms with Gasteiger partial charge in [0.2, 0.25) is 5.56 Å². The van der Waals surface area contributed by atoms with Crippen LogP contribution in [0.1, 0.15) is 36.5 Å². The van der Waals surface area contributed by atoms with Crippen molar-refractivity contribution >= 4 is 22.9 Å². The molecule has 0 aliphatic rings. The summed E-state index contributed by atoms with van der Waals surface area (Å²) < 4.78 is 25.2. The first-order chi connectivity index (χ1) is 17.4. The second kappa shape index (κ2) is 11.4. The molecule has 0 radical (unpaired) electrons. The minimum absolute atomic E-state index is 0.155. The van der Waals surface area contributed by atoms with Gasteiger partial charge in [0.1, 0.15) is 30.5 Å². The van der Waals surface area contributed by atoms with Gasteiger partial charge in [-0.3, -0.25) is 4.79 Å². The summed E-state index contributed by atoms with van der Waals surface area (Å²) in [5, 5.41) is 10.5. The molecular weight excluding hydrogens is 461 g/mol. The van der Waals surface area contributed by atoms with E-state index in [1.807, 2.05) is 25.1 Å². The van der Waals surface area contributed by atoms with Gasteiger partial charge in [0.25, 0.3) is 0 Å². The highest BCUT2D eigenvalue weighted by Gasteiger charge is 2.11. The summed E-state index contributed by atoms with van der Waals surface area (Å²) in [4.78, 5) is 26.0. The SMILES string of the molecule is CCC/C(=C\c1cc(OCc2ccc3[nH]c(=O)ccc3c2)ccc1OCc1ccc(F)cc1)C(=O)O. The Hall–Kier alpha value is -4.39. The molecule has 0 saturated carbocycles. The fourth-order valence-corrected chi connectivity index (χ4v) is 3.76. The van der Waals surface area contributed by atoms with Crippen molar-refractivity contribution in [2.24, 2.45) is 0 Å². The minimum Gasteiger partial charge on any atom is -0.489 e. The molecule has 36 heavy (non-hydrogen) atoms. The van der Waals surface area contributed by atoms with Crippen molar-refractivity contribution in [3.63, 3.8) is 0 Å². The Kier molecular flexibility index (Phi) is 7.80. The summed E-state index contributed by atoms with van der Waals surface area (Å²) >= 11 is 0. The van der Waals surface area contributed by atoms with Crippen molar-refractivity contribution in [3.05, 3.63) is 111 Å². The number of pyridine rings is 1. The molecule has 0 spiro atoms. The van der Waals surface area contributed by atoms with Crippen LogP contribution in [-0.4, -0.2) is 16.1 Å². The molecule has 1 heterocycles. The highest BCUT2D eigenvalue weighted by atomic mass is 19.1. The number of nitrogens with one attached hydrogen (secondary N) is 1. The number of ether oxygens (including phenoxy) is 2. The monoisotopic (exact) mass is 487 g/mol. The fraction of sp³-hybridized carbons (Fsp3) is 0.172. The molecule has 0 saturated heterocycles. The largest absolute Gasteiger partial charge is 0.489 e. The van der Waals surface area contributed by atoms with Gasteiger partial charge in [-0.2, -0.15) is 0 Å². The predicted molar refractivity (Wildman–Crippen MR) is 137 cm³/mol. The Balaban J connectivity index is 1.57. The summed E-state index contributed by atoms with van der Waals surface area (Å²) in [5.74, 6) is -0.259. The maximum Gasteiger partial charge on any atom is 0.331 e. The van der Waals surface area contributed by atoms with Crippen LogP contribution in [0.3, 0.4) is 0 Å². The summed E-state index contributed by atoms with van der Waals surface area (Å²) in [7, 11) is 0. The molecule has 0 bridgehead atoms. The van der Waals surface area contributed by atoms with Gasteiger partial charge >= 0.3 is 5.97 Å². The molecule has 184 valence electrons. The highest BCUT2D eigenvalue weighted by molar-refractivity contribution is 5.92. The molecule has 0 fully saturated rings. The van der Waals surface area contributed by atoms with Crippen LogP contribution in [0.4, 0.5) is 4.39 Å². The number of aliphatic carboxylic acids is 1. The zero-order chi connectivity index (χ0) is 25.5. The van der Waals surface area contributed by atoms with E-state index in [1.54, 1.807) is 42.5 Å². The Morgan fingerprint density at radius 3 is 2.44 bits per heavy atom.